The minimum absolute atomic E-state index is 0.130. The smallest absolute Gasteiger partial charge is 0.267 e. The summed E-state index contributed by atoms with van der Waals surface area (Å²) >= 11 is 1.44. The fraction of sp³-hybridized carbons (Fsp3) is 0.240. The Morgan fingerprint density at radius 2 is 1.67 bits per heavy atom. The van der Waals surface area contributed by atoms with Crippen LogP contribution in [0.5, 0.6) is 17.2 Å². The minimum Gasteiger partial charge on any atom is -0.494 e. The van der Waals surface area contributed by atoms with Gasteiger partial charge in [-0.1, -0.05) is 23.5 Å². The molecule has 7 nitrogen and oxygen atoms in total. The molecule has 0 saturated heterocycles. The fourth-order valence-corrected chi connectivity index (χ4v) is 4.24. The van der Waals surface area contributed by atoms with Crippen LogP contribution in [-0.4, -0.2) is 35.7 Å². The van der Waals surface area contributed by atoms with E-state index in [1.165, 1.54) is 11.3 Å². The summed E-state index contributed by atoms with van der Waals surface area (Å²) in [7, 11) is 0. The first-order valence-electron chi connectivity index (χ1n) is 10.8. The molecule has 2 heterocycles. The third-order valence-corrected chi connectivity index (χ3v) is 5.79. The first-order valence-corrected chi connectivity index (χ1v) is 11.6. The van der Waals surface area contributed by atoms with Crippen molar-refractivity contribution in [2.45, 2.75) is 20.4 Å². The summed E-state index contributed by atoms with van der Waals surface area (Å²) in [4.78, 5) is 24.0. The molecule has 0 N–H and O–H groups in total. The lowest BCUT2D eigenvalue weighted by atomic mass is 10.3. The maximum absolute atomic E-state index is 13.3. The molecular weight excluding hydrogens is 438 g/mol. The Hall–Kier alpha value is -3.65. The first kappa shape index (κ1) is 22.5. The number of hydrogen-bond acceptors (Lipinski definition) is 7. The highest BCUT2D eigenvalue weighted by molar-refractivity contribution is 7.22. The van der Waals surface area contributed by atoms with Crippen LogP contribution < -0.4 is 19.1 Å². The Balaban J connectivity index is 1.57. The number of nitrogens with zero attached hydrogens (tertiary/aromatic N) is 3. The minimum atomic E-state index is -0.216. The number of rotatable bonds is 10. The lowest BCUT2D eigenvalue weighted by molar-refractivity contribution is -0.120. The quantitative estimate of drug-likeness (QED) is 0.326. The average Bonchev–Trinajstić information content (AvgIpc) is 3.28. The summed E-state index contributed by atoms with van der Waals surface area (Å²) in [6.45, 7) is 5.15. The van der Waals surface area contributed by atoms with Crippen LogP contribution in [0.25, 0.3) is 10.2 Å². The second-order valence-electron chi connectivity index (χ2n) is 7.03. The van der Waals surface area contributed by atoms with Gasteiger partial charge < -0.3 is 14.2 Å². The second kappa shape index (κ2) is 10.8. The fourth-order valence-electron chi connectivity index (χ4n) is 3.24. The van der Waals surface area contributed by atoms with Gasteiger partial charge in [-0.3, -0.25) is 14.7 Å². The van der Waals surface area contributed by atoms with Crippen molar-refractivity contribution in [3.8, 4) is 17.2 Å². The number of aromatic nitrogens is 2. The number of thiazole rings is 1. The van der Waals surface area contributed by atoms with Crippen LogP contribution in [-0.2, 0) is 11.3 Å². The van der Waals surface area contributed by atoms with Crippen molar-refractivity contribution in [2.75, 3.05) is 24.7 Å². The third kappa shape index (κ3) is 5.59. The molecule has 170 valence electrons. The third-order valence-electron chi connectivity index (χ3n) is 4.75. The van der Waals surface area contributed by atoms with E-state index in [4.69, 9.17) is 19.2 Å². The van der Waals surface area contributed by atoms with E-state index in [1.807, 2.05) is 62.4 Å². The highest BCUT2D eigenvalue weighted by Gasteiger charge is 2.22. The van der Waals surface area contributed by atoms with E-state index < -0.39 is 0 Å². The molecular formula is C25H25N3O4S. The Bertz CT molecular complexity index is 1200. The van der Waals surface area contributed by atoms with Gasteiger partial charge in [0.2, 0.25) is 0 Å². The number of anilines is 1. The average molecular weight is 464 g/mol. The Morgan fingerprint density at radius 1 is 0.909 bits per heavy atom. The van der Waals surface area contributed by atoms with E-state index in [2.05, 4.69) is 4.98 Å². The van der Waals surface area contributed by atoms with E-state index in [1.54, 1.807) is 23.2 Å². The van der Waals surface area contributed by atoms with E-state index in [-0.39, 0.29) is 19.1 Å². The van der Waals surface area contributed by atoms with E-state index in [0.29, 0.717) is 29.8 Å². The van der Waals surface area contributed by atoms with Crippen LogP contribution in [0.2, 0.25) is 0 Å². The second-order valence-corrected chi connectivity index (χ2v) is 8.04. The van der Waals surface area contributed by atoms with E-state index in [9.17, 15) is 4.79 Å². The number of ether oxygens (including phenoxy) is 3. The highest BCUT2D eigenvalue weighted by Crippen LogP contribution is 2.35. The normalized spacial score (nSPS) is 10.7. The van der Waals surface area contributed by atoms with Crippen LogP contribution >= 0.6 is 11.3 Å². The van der Waals surface area contributed by atoms with Gasteiger partial charge in [0.05, 0.1) is 30.2 Å². The van der Waals surface area contributed by atoms with Crippen LogP contribution in [0.1, 0.15) is 19.5 Å². The van der Waals surface area contributed by atoms with Crippen LogP contribution in [0, 0.1) is 0 Å². The standard InChI is InChI=1S/C25H25N3O4S/c1-3-30-19-11-13-20(14-12-19)32-17-23(29)28(16-18-8-5-6-15-26-18)25-27-24-21(31-4-2)9-7-10-22(24)33-25/h5-15H,3-4,16-17H2,1-2H3. The molecule has 4 aromatic rings. The van der Waals surface area contributed by atoms with Gasteiger partial charge in [0.15, 0.2) is 11.7 Å². The molecule has 0 radical (unpaired) electrons. The van der Waals surface area contributed by atoms with Crippen molar-refractivity contribution in [3.05, 3.63) is 72.6 Å². The summed E-state index contributed by atoms with van der Waals surface area (Å²) in [5.41, 5.74) is 1.50. The number of carbonyl (C=O) groups excluding carboxylic acids is 1. The first-order chi connectivity index (χ1) is 16.2. The number of benzene rings is 2. The highest BCUT2D eigenvalue weighted by atomic mass is 32.1. The Labute approximate surface area is 196 Å². The van der Waals surface area contributed by atoms with Crippen molar-refractivity contribution in [3.63, 3.8) is 0 Å². The molecule has 0 aliphatic heterocycles. The van der Waals surface area contributed by atoms with Crippen molar-refractivity contribution in [1.82, 2.24) is 9.97 Å². The number of hydrogen-bond donors (Lipinski definition) is 0. The maximum Gasteiger partial charge on any atom is 0.267 e. The van der Waals surface area contributed by atoms with Gasteiger partial charge in [-0.2, -0.15) is 0 Å². The van der Waals surface area contributed by atoms with E-state index >= 15 is 0 Å². The van der Waals surface area contributed by atoms with Gasteiger partial charge in [0.1, 0.15) is 22.8 Å². The molecule has 0 fully saturated rings. The number of carbonyl (C=O) groups is 1. The summed E-state index contributed by atoms with van der Waals surface area (Å²) < 4.78 is 17.9. The molecule has 8 heteroatoms. The van der Waals surface area contributed by atoms with Crippen molar-refractivity contribution in [1.29, 1.82) is 0 Å². The van der Waals surface area contributed by atoms with Gasteiger partial charge in [0.25, 0.3) is 5.91 Å². The zero-order valence-corrected chi connectivity index (χ0v) is 19.4. The van der Waals surface area contributed by atoms with Crippen LogP contribution in [0.15, 0.2) is 66.9 Å². The molecule has 0 saturated carbocycles. The van der Waals surface area contributed by atoms with Gasteiger partial charge >= 0.3 is 0 Å². The van der Waals surface area contributed by atoms with Crippen LogP contribution in [0.3, 0.4) is 0 Å². The molecule has 0 unspecified atom stereocenters. The van der Waals surface area contributed by atoms with Gasteiger partial charge in [0, 0.05) is 6.20 Å². The van der Waals surface area contributed by atoms with Gasteiger partial charge in [-0.15, -0.1) is 0 Å². The monoisotopic (exact) mass is 463 g/mol. The predicted octanol–water partition coefficient (Wildman–Crippen LogP) is 5.10. The zero-order chi connectivity index (χ0) is 23.0. The van der Waals surface area contributed by atoms with Crippen LogP contribution in [0.4, 0.5) is 5.13 Å². The zero-order valence-electron chi connectivity index (χ0n) is 18.6. The molecule has 0 atom stereocenters. The summed E-state index contributed by atoms with van der Waals surface area (Å²) in [5, 5.41) is 0.572. The lowest BCUT2D eigenvalue weighted by Gasteiger charge is -2.19. The van der Waals surface area contributed by atoms with Crippen molar-refractivity contribution < 1.29 is 19.0 Å². The molecule has 2 aromatic heterocycles. The largest absolute Gasteiger partial charge is 0.494 e. The number of amides is 1. The molecule has 2 aromatic carbocycles. The van der Waals surface area contributed by atoms with E-state index in [0.717, 1.165) is 21.7 Å². The Kier molecular flexibility index (Phi) is 7.36. The molecule has 1 amide bonds. The molecule has 0 bridgehead atoms. The number of para-hydroxylation sites is 1. The summed E-state index contributed by atoms with van der Waals surface area (Å²) in [5.74, 6) is 1.83. The molecule has 0 aliphatic carbocycles. The lowest BCUT2D eigenvalue weighted by Crippen LogP contribution is -2.34. The maximum atomic E-state index is 13.3. The molecule has 33 heavy (non-hydrogen) atoms. The summed E-state index contributed by atoms with van der Waals surface area (Å²) in [6, 6.07) is 18.6. The number of pyridine rings is 1. The van der Waals surface area contributed by atoms with Crippen molar-refractivity contribution in [2.24, 2.45) is 0 Å². The molecule has 0 spiro atoms. The van der Waals surface area contributed by atoms with Gasteiger partial charge in [-0.25, -0.2) is 4.98 Å². The van der Waals surface area contributed by atoms with Gasteiger partial charge in [-0.05, 0) is 62.4 Å². The predicted molar refractivity (Wildman–Crippen MR) is 129 cm³/mol. The Morgan fingerprint density at radius 3 is 2.36 bits per heavy atom. The topological polar surface area (TPSA) is 73.8 Å². The number of fused-ring (bicyclic) bond motifs is 1. The SMILES string of the molecule is CCOc1ccc(OCC(=O)N(Cc2ccccn2)c2nc3c(OCC)cccc3s2)cc1. The molecule has 4 rings (SSSR count). The molecule has 0 aliphatic rings. The van der Waals surface area contributed by atoms with Crippen molar-refractivity contribution >= 4 is 32.6 Å². The summed E-state index contributed by atoms with van der Waals surface area (Å²) in [6.07, 6.45) is 1.71.